The second-order valence-electron chi connectivity index (χ2n) is 3.07. The molecular formula is C6H7KO9S3. The fourth-order valence-corrected chi connectivity index (χ4v) is 2.87. The summed E-state index contributed by atoms with van der Waals surface area (Å²) in [5.41, 5.74) is 0. The first kappa shape index (κ1) is 19.6. The molecule has 0 aliphatic heterocycles. The molecule has 0 unspecified atom stereocenters. The van der Waals surface area contributed by atoms with Crippen LogP contribution in [0.15, 0.2) is 32.9 Å². The van der Waals surface area contributed by atoms with Crippen LogP contribution in [0.5, 0.6) is 0 Å². The molecule has 0 heterocycles. The molecule has 0 atom stereocenters. The third kappa shape index (κ3) is 5.47. The Labute approximate surface area is 153 Å². The van der Waals surface area contributed by atoms with Crippen molar-refractivity contribution in [1.29, 1.82) is 0 Å². The summed E-state index contributed by atoms with van der Waals surface area (Å²) in [5, 5.41) is 0. The molecule has 1 aromatic rings. The molecule has 19 heavy (non-hydrogen) atoms. The maximum atomic E-state index is 10.8. The van der Waals surface area contributed by atoms with Crippen LogP contribution < -0.4 is 51.4 Å². The zero-order valence-corrected chi connectivity index (χ0v) is 14.8. The first-order valence-electron chi connectivity index (χ1n) is 3.89. The molecule has 104 valence electrons. The summed E-state index contributed by atoms with van der Waals surface area (Å²) in [7, 11) is -14.8. The van der Waals surface area contributed by atoms with E-state index in [1.165, 1.54) is 0 Å². The minimum absolute atomic E-state index is 0. The van der Waals surface area contributed by atoms with Gasteiger partial charge in [-0.1, -0.05) is 0 Å². The van der Waals surface area contributed by atoms with Crippen molar-refractivity contribution in [2.24, 2.45) is 0 Å². The topological polar surface area (TPSA) is 163 Å². The smallest absolute Gasteiger partial charge is 1.00 e. The zero-order valence-electron chi connectivity index (χ0n) is 10.2. The molecule has 1 aromatic carbocycles. The molecule has 0 saturated carbocycles. The van der Waals surface area contributed by atoms with Gasteiger partial charge in [-0.3, -0.25) is 13.7 Å². The van der Waals surface area contributed by atoms with Crippen molar-refractivity contribution in [3.8, 4) is 0 Å². The van der Waals surface area contributed by atoms with Crippen molar-refractivity contribution in [1.82, 2.24) is 0 Å². The molecular weight excluding hydrogens is 351 g/mol. The SMILES string of the molecule is O=S(=O)(O)c1cc(S(=O)(=O)O)cc(S(=O)(=O)O)c1.[H-].[K+]. The van der Waals surface area contributed by atoms with Gasteiger partial charge in [-0.05, 0) is 18.2 Å². The Balaban J connectivity index is 0. The summed E-state index contributed by atoms with van der Waals surface area (Å²) < 4.78 is 90.8. The predicted molar refractivity (Wildman–Crippen MR) is 57.0 cm³/mol. The molecule has 13 heteroatoms. The Morgan fingerprint density at radius 1 is 0.632 bits per heavy atom. The normalized spacial score (nSPS) is 12.8. The van der Waals surface area contributed by atoms with Gasteiger partial charge in [-0.15, -0.1) is 0 Å². The monoisotopic (exact) mass is 358 g/mol. The predicted octanol–water partition coefficient (Wildman–Crippen LogP) is -3.46. The third-order valence-electron chi connectivity index (χ3n) is 1.75. The van der Waals surface area contributed by atoms with Crippen molar-refractivity contribution in [3.05, 3.63) is 18.2 Å². The van der Waals surface area contributed by atoms with Crippen LogP contribution in [0, 0.1) is 0 Å². The second kappa shape index (κ2) is 6.14. The Morgan fingerprint density at radius 2 is 0.789 bits per heavy atom. The van der Waals surface area contributed by atoms with Gasteiger partial charge < -0.3 is 1.43 Å². The summed E-state index contributed by atoms with van der Waals surface area (Å²) in [4.78, 5) is -3.32. The number of rotatable bonds is 3. The number of benzene rings is 1. The molecule has 0 aliphatic rings. The Kier molecular flexibility index (Phi) is 6.33. The first-order valence-corrected chi connectivity index (χ1v) is 8.21. The van der Waals surface area contributed by atoms with E-state index in [9.17, 15) is 25.3 Å². The van der Waals surface area contributed by atoms with E-state index in [0.717, 1.165) is 0 Å². The van der Waals surface area contributed by atoms with Crippen LogP contribution in [0.25, 0.3) is 0 Å². The van der Waals surface area contributed by atoms with Gasteiger partial charge in [0.1, 0.15) is 0 Å². The first-order chi connectivity index (χ1) is 7.82. The van der Waals surface area contributed by atoms with Gasteiger partial charge in [-0.2, -0.15) is 25.3 Å². The van der Waals surface area contributed by atoms with E-state index in [4.69, 9.17) is 13.7 Å². The number of hydrogen-bond acceptors (Lipinski definition) is 6. The Morgan fingerprint density at radius 3 is 0.895 bits per heavy atom. The van der Waals surface area contributed by atoms with E-state index in [1.807, 2.05) is 0 Å². The number of hydrogen-bond donors (Lipinski definition) is 3. The van der Waals surface area contributed by atoms with Crippen LogP contribution in [0.2, 0.25) is 0 Å². The van der Waals surface area contributed by atoms with E-state index < -0.39 is 45.0 Å². The molecule has 1 rings (SSSR count). The van der Waals surface area contributed by atoms with E-state index in [2.05, 4.69) is 0 Å². The summed E-state index contributed by atoms with van der Waals surface area (Å²) in [6.07, 6.45) is 0. The van der Waals surface area contributed by atoms with Gasteiger partial charge in [0, 0.05) is 0 Å². The Hall–Kier alpha value is 0.586. The largest absolute Gasteiger partial charge is 1.00 e. The van der Waals surface area contributed by atoms with Crippen LogP contribution >= 0.6 is 0 Å². The molecule has 0 saturated heterocycles. The summed E-state index contributed by atoms with van der Waals surface area (Å²) in [5.74, 6) is 0. The molecule has 0 aliphatic carbocycles. The minimum Gasteiger partial charge on any atom is -1.00 e. The summed E-state index contributed by atoms with van der Waals surface area (Å²) in [6.45, 7) is 0. The maximum absolute atomic E-state index is 10.8. The Bertz CT molecular complexity index is 674. The molecule has 9 nitrogen and oxygen atoms in total. The van der Waals surface area contributed by atoms with Crippen LogP contribution in [-0.4, -0.2) is 38.9 Å². The minimum atomic E-state index is -4.92. The van der Waals surface area contributed by atoms with Crippen LogP contribution in [0.3, 0.4) is 0 Å². The quantitative estimate of drug-likeness (QED) is 0.368. The average Bonchev–Trinajstić information content (AvgIpc) is 2.13. The van der Waals surface area contributed by atoms with E-state index in [-0.39, 0.29) is 52.8 Å². The molecule has 0 aromatic heterocycles. The summed E-state index contributed by atoms with van der Waals surface area (Å²) >= 11 is 0. The maximum Gasteiger partial charge on any atom is 1.00 e. The van der Waals surface area contributed by atoms with Gasteiger partial charge in [0.15, 0.2) is 0 Å². The molecule has 0 bridgehead atoms. The fraction of sp³-hybridized carbons (Fsp3) is 0. The van der Waals surface area contributed by atoms with Gasteiger partial charge in [0.05, 0.1) is 14.7 Å². The zero-order chi connectivity index (χ0) is 14.4. The van der Waals surface area contributed by atoms with Crippen molar-refractivity contribution >= 4 is 30.4 Å². The van der Waals surface area contributed by atoms with Crippen molar-refractivity contribution in [2.45, 2.75) is 14.7 Å². The van der Waals surface area contributed by atoms with Gasteiger partial charge in [-0.25, -0.2) is 0 Å². The standard InChI is InChI=1S/C6H6O9S3.K.H/c7-16(8,9)4-1-5(17(10,11)12)3-6(2-4)18(13,14)15;;/h1-3H,(H,7,8,9)(H,10,11,12)(H,13,14,15);;/q;+1;-1. The molecule has 0 amide bonds. The van der Waals surface area contributed by atoms with E-state index >= 15 is 0 Å². The van der Waals surface area contributed by atoms with Crippen molar-refractivity contribution < 1.29 is 91.7 Å². The fourth-order valence-electron chi connectivity index (χ4n) is 0.992. The van der Waals surface area contributed by atoms with Crippen molar-refractivity contribution in [2.75, 3.05) is 0 Å². The molecule has 3 N–H and O–H groups in total. The second-order valence-corrected chi connectivity index (χ2v) is 7.33. The van der Waals surface area contributed by atoms with E-state index in [1.54, 1.807) is 0 Å². The van der Waals surface area contributed by atoms with Crippen LogP contribution in [-0.2, 0) is 30.4 Å². The summed E-state index contributed by atoms with van der Waals surface area (Å²) in [6, 6.07) is 0.998. The third-order valence-corrected chi connectivity index (χ3v) is 4.24. The van der Waals surface area contributed by atoms with Gasteiger partial charge >= 0.3 is 51.4 Å². The molecule has 0 fully saturated rings. The van der Waals surface area contributed by atoms with Crippen LogP contribution in [0.1, 0.15) is 1.43 Å². The average molecular weight is 358 g/mol. The van der Waals surface area contributed by atoms with E-state index in [0.29, 0.717) is 18.2 Å². The van der Waals surface area contributed by atoms with Gasteiger partial charge in [0.2, 0.25) is 0 Å². The molecule has 0 spiro atoms. The van der Waals surface area contributed by atoms with Crippen LogP contribution in [0.4, 0.5) is 0 Å². The van der Waals surface area contributed by atoms with Crippen molar-refractivity contribution in [3.63, 3.8) is 0 Å². The molecule has 0 radical (unpaired) electrons. The van der Waals surface area contributed by atoms with Gasteiger partial charge in [0.25, 0.3) is 30.4 Å².